The van der Waals surface area contributed by atoms with Crippen LogP contribution in [0.2, 0.25) is 0 Å². The molecule has 0 saturated heterocycles. The molecule has 0 amide bonds. The SMILES string of the molecule is CNCC(Cc1cccc(C)c1)Cc1nccs1. The number of nitrogens with zero attached hydrogens (tertiary/aromatic N) is 1. The molecular formula is C15H20N2S. The van der Waals surface area contributed by atoms with E-state index in [0.29, 0.717) is 5.92 Å². The summed E-state index contributed by atoms with van der Waals surface area (Å²) in [6, 6.07) is 8.80. The lowest BCUT2D eigenvalue weighted by Crippen LogP contribution is -2.22. The molecule has 0 saturated carbocycles. The molecule has 0 aliphatic heterocycles. The van der Waals surface area contributed by atoms with E-state index in [2.05, 4.69) is 46.9 Å². The summed E-state index contributed by atoms with van der Waals surface area (Å²) in [4.78, 5) is 4.39. The van der Waals surface area contributed by atoms with Gasteiger partial charge in [0.05, 0.1) is 5.01 Å². The van der Waals surface area contributed by atoms with Gasteiger partial charge in [0.25, 0.3) is 0 Å². The van der Waals surface area contributed by atoms with Gasteiger partial charge in [0.2, 0.25) is 0 Å². The zero-order valence-electron chi connectivity index (χ0n) is 11.0. The topological polar surface area (TPSA) is 24.9 Å². The van der Waals surface area contributed by atoms with Crippen molar-refractivity contribution in [3.8, 4) is 0 Å². The van der Waals surface area contributed by atoms with Crippen molar-refractivity contribution in [2.75, 3.05) is 13.6 Å². The van der Waals surface area contributed by atoms with Crippen molar-refractivity contribution in [1.29, 1.82) is 0 Å². The van der Waals surface area contributed by atoms with E-state index in [0.717, 1.165) is 19.4 Å². The number of rotatable bonds is 6. The van der Waals surface area contributed by atoms with Gasteiger partial charge in [-0.15, -0.1) is 11.3 Å². The van der Waals surface area contributed by atoms with Crippen LogP contribution in [0, 0.1) is 12.8 Å². The molecule has 2 nitrogen and oxygen atoms in total. The van der Waals surface area contributed by atoms with Gasteiger partial charge >= 0.3 is 0 Å². The molecule has 1 heterocycles. The van der Waals surface area contributed by atoms with Crippen LogP contribution < -0.4 is 5.32 Å². The standard InChI is InChI=1S/C15H20N2S/c1-12-4-3-5-13(8-12)9-14(11-16-2)10-15-17-6-7-18-15/h3-8,14,16H,9-11H2,1-2H3. The van der Waals surface area contributed by atoms with Crippen molar-refractivity contribution in [2.45, 2.75) is 19.8 Å². The summed E-state index contributed by atoms with van der Waals surface area (Å²) in [7, 11) is 2.02. The van der Waals surface area contributed by atoms with Gasteiger partial charge in [-0.25, -0.2) is 4.98 Å². The second-order valence-corrected chi connectivity index (χ2v) is 5.73. The minimum absolute atomic E-state index is 0.614. The van der Waals surface area contributed by atoms with Crippen molar-refractivity contribution in [2.24, 2.45) is 5.92 Å². The van der Waals surface area contributed by atoms with E-state index < -0.39 is 0 Å². The Balaban J connectivity index is 2.01. The molecule has 2 aromatic rings. The van der Waals surface area contributed by atoms with E-state index in [1.165, 1.54) is 16.1 Å². The first-order chi connectivity index (χ1) is 8.78. The summed E-state index contributed by atoms with van der Waals surface area (Å²) in [5.74, 6) is 0.614. The first kappa shape index (κ1) is 13.2. The average Bonchev–Trinajstić information content (AvgIpc) is 2.82. The van der Waals surface area contributed by atoms with Gasteiger partial charge in [-0.3, -0.25) is 0 Å². The normalized spacial score (nSPS) is 12.6. The Kier molecular flexibility index (Phi) is 4.90. The molecule has 0 aliphatic rings. The number of hydrogen-bond acceptors (Lipinski definition) is 3. The lowest BCUT2D eigenvalue weighted by Gasteiger charge is -2.15. The van der Waals surface area contributed by atoms with Crippen molar-refractivity contribution in [3.63, 3.8) is 0 Å². The molecule has 1 aromatic carbocycles. The highest BCUT2D eigenvalue weighted by molar-refractivity contribution is 7.09. The second kappa shape index (κ2) is 6.66. The predicted molar refractivity (Wildman–Crippen MR) is 78.1 cm³/mol. The van der Waals surface area contributed by atoms with Crippen LogP contribution in [0.5, 0.6) is 0 Å². The summed E-state index contributed by atoms with van der Waals surface area (Å²) in [6.45, 7) is 3.19. The van der Waals surface area contributed by atoms with Crippen LogP contribution >= 0.6 is 11.3 Å². The summed E-state index contributed by atoms with van der Waals surface area (Å²) >= 11 is 1.75. The van der Waals surface area contributed by atoms with Crippen LogP contribution in [-0.4, -0.2) is 18.6 Å². The number of nitrogens with one attached hydrogen (secondary N) is 1. The van der Waals surface area contributed by atoms with Gasteiger partial charge in [-0.05, 0) is 38.4 Å². The Bertz CT molecular complexity index is 465. The molecule has 3 heteroatoms. The summed E-state index contributed by atoms with van der Waals surface area (Å²) in [5, 5.41) is 6.58. The first-order valence-electron chi connectivity index (χ1n) is 6.36. The average molecular weight is 260 g/mol. The number of aryl methyl sites for hydroxylation is 1. The van der Waals surface area contributed by atoms with E-state index >= 15 is 0 Å². The van der Waals surface area contributed by atoms with Gasteiger partial charge in [0.15, 0.2) is 0 Å². The lowest BCUT2D eigenvalue weighted by molar-refractivity contribution is 0.492. The van der Waals surface area contributed by atoms with Gasteiger partial charge in [0, 0.05) is 18.0 Å². The maximum atomic E-state index is 4.39. The largest absolute Gasteiger partial charge is 0.319 e. The van der Waals surface area contributed by atoms with Crippen molar-refractivity contribution >= 4 is 11.3 Å². The van der Waals surface area contributed by atoms with Crippen molar-refractivity contribution < 1.29 is 0 Å². The van der Waals surface area contributed by atoms with Crippen LogP contribution in [0.1, 0.15) is 16.1 Å². The van der Waals surface area contributed by atoms with Gasteiger partial charge in [-0.1, -0.05) is 29.8 Å². The zero-order chi connectivity index (χ0) is 12.8. The Hall–Kier alpha value is -1.19. The fourth-order valence-corrected chi connectivity index (χ4v) is 3.01. The molecule has 0 radical (unpaired) electrons. The smallest absolute Gasteiger partial charge is 0.0928 e. The fraction of sp³-hybridized carbons (Fsp3) is 0.400. The van der Waals surface area contributed by atoms with Crippen LogP contribution in [0.4, 0.5) is 0 Å². The summed E-state index contributed by atoms with van der Waals surface area (Å²) in [5.41, 5.74) is 2.76. The molecule has 1 unspecified atom stereocenters. The molecule has 0 aliphatic carbocycles. The lowest BCUT2D eigenvalue weighted by atomic mass is 9.95. The van der Waals surface area contributed by atoms with Gasteiger partial charge in [0.1, 0.15) is 0 Å². The maximum Gasteiger partial charge on any atom is 0.0928 e. The van der Waals surface area contributed by atoms with E-state index in [1.54, 1.807) is 11.3 Å². The molecule has 2 rings (SSSR count). The van der Waals surface area contributed by atoms with E-state index in [9.17, 15) is 0 Å². The van der Waals surface area contributed by atoms with Crippen LogP contribution in [0.25, 0.3) is 0 Å². The third kappa shape index (κ3) is 3.93. The molecule has 1 aromatic heterocycles. The molecule has 0 bridgehead atoms. The van der Waals surface area contributed by atoms with Gasteiger partial charge < -0.3 is 5.32 Å². The first-order valence-corrected chi connectivity index (χ1v) is 7.24. The predicted octanol–water partition coefficient (Wildman–Crippen LogP) is 3.07. The number of thiazole rings is 1. The van der Waals surface area contributed by atoms with Crippen molar-refractivity contribution in [1.82, 2.24) is 10.3 Å². The molecular weight excluding hydrogens is 240 g/mol. The monoisotopic (exact) mass is 260 g/mol. The Labute approximate surface area is 113 Å². The molecule has 96 valence electrons. The summed E-state index contributed by atoms with van der Waals surface area (Å²) < 4.78 is 0. The van der Waals surface area contributed by atoms with E-state index in [-0.39, 0.29) is 0 Å². The quantitative estimate of drug-likeness (QED) is 0.863. The highest BCUT2D eigenvalue weighted by Gasteiger charge is 2.11. The number of hydrogen-bond donors (Lipinski definition) is 1. The van der Waals surface area contributed by atoms with E-state index in [4.69, 9.17) is 0 Å². The zero-order valence-corrected chi connectivity index (χ0v) is 11.8. The summed E-state index contributed by atoms with van der Waals surface area (Å²) in [6.07, 6.45) is 4.07. The van der Waals surface area contributed by atoms with E-state index in [1.807, 2.05) is 13.2 Å². The highest BCUT2D eigenvalue weighted by atomic mass is 32.1. The minimum Gasteiger partial charge on any atom is -0.319 e. The molecule has 0 spiro atoms. The Morgan fingerprint density at radius 1 is 1.33 bits per heavy atom. The second-order valence-electron chi connectivity index (χ2n) is 4.75. The third-order valence-electron chi connectivity index (χ3n) is 3.05. The third-order valence-corrected chi connectivity index (χ3v) is 3.85. The minimum atomic E-state index is 0.614. The van der Waals surface area contributed by atoms with Crippen LogP contribution in [-0.2, 0) is 12.8 Å². The molecule has 18 heavy (non-hydrogen) atoms. The highest BCUT2D eigenvalue weighted by Crippen LogP contribution is 2.16. The maximum absolute atomic E-state index is 4.39. The molecule has 1 atom stereocenters. The van der Waals surface area contributed by atoms with Gasteiger partial charge in [-0.2, -0.15) is 0 Å². The van der Waals surface area contributed by atoms with Crippen LogP contribution in [0.15, 0.2) is 35.8 Å². The molecule has 1 N–H and O–H groups in total. The van der Waals surface area contributed by atoms with Crippen LogP contribution in [0.3, 0.4) is 0 Å². The Morgan fingerprint density at radius 2 is 2.22 bits per heavy atom. The molecule has 0 fully saturated rings. The number of benzene rings is 1. The number of aromatic nitrogens is 1. The van der Waals surface area contributed by atoms with Crippen molar-refractivity contribution in [3.05, 3.63) is 52.0 Å². The fourth-order valence-electron chi connectivity index (χ4n) is 2.28. The Morgan fingerprint density at radius 3 is 2.89 bits per heavy atom.